The van der Waals surface area contributed by atoms with Gasteiger partial charge in [0.1, 0.15) is 18.3 Å². The van der Waals surface area contributed by atoms with Crippen LogP contribution in [0.15, 0.2) is 30.9 Å². The van der Waals surface area contributed by atoms with Crippen LogP contribution < -0.4 is 0 Å². The number of aryl methyl sites for hydroxylation is 1. The Morgan fingerprint density at radius 3 is 2.32 bits per heavy atom. The Balaban J connectivity index is 0.00000116. The van der Waals surface area contributed by atoms with Gasteiger partial charge in [0, 0.05) is 0 Å². The number of alkyl halides is 3. The van der Waals surface area contributed by atoms with Gasteiger partial charge in [-0.15, -0.1) is 0 Å². The lowest BCUT2D eigenvalue weighted by Crippen LogP contribution is -2.31. The van der Waals surface area contributed by atoms with Crippen LogP contribution in [0.1, 0.15) is 37.5 Å². The first-order chi connectivity index (χ1) is 10.2. The van der Waals surface area contributed by atoms with Crippen molar-refractivity contribution in [2.45, 2.75) is 46.0 Å². The molecule has 122 valence electrons. The molecule has 0 radical (unpaired) electrons. The quantitative estimate of drug-likeness (QED) is 0.942. The van der Waals surface area contributed by atoms with Gasteiger partial charge in [0.15, 0.2) is 0 Å². The number of hydrogen-bond acceptors (Lipinski definition) is 3. The minimum Gasteiger partial charge on any atom is -0.383 e. The van der Waals surface area contributed by atoms with Crippen LogP contribution in [0, 0.1) is 6.92 Å². The highest BCUT2D eigenvalue weighted by Gasteiger charge is 2.39. The van der Waals surface area contributed by atoms with Crippen LogP contribution in [0.3, 0.4) is 0 Å². The van der Waals surface area contributed by atoms with Gasteiger partial charge in [-0.2, -0.15) is 18.3 Å². The number of aliphatic hydroxyl groups is 1. The first kappa shape index (κ1) is 18.2. The molecular formula is C15H20F3N3O. The molecule has 0 aliphatic heterocycles. The van der Waals surface area contributed by atoms with Gasteiger partial charge >= 0.3 is 6.18 Å². The van der Waals surface area contributed by atoms with Gasteiger partial charge in [0.05, 0.1) is 12.1 Å². The average Bonchev–Trinajstić information content (AvgIpc) is 2.92. The molecule has 0 fully saturated rings. The minimum atomic E-state index is -4.52. The molecule has 2 rings (SSSR count). The molecule has 4 nitrogen and oxygen atoms in total. The highest BCUT2D eigenvalue weighted by Crippen LogP contribution is 2.37. The normalized spacial score (nSPS) is 14.0. The minimum absolute atomic E-state index is 0.112. The van der Waals surface area contributed by atoms with Gasteiger partial charge in [0.25, 0.3) is 0 Å². The summed E-state index contributed by atoms with van der Waals surface area (Å²) >= 11 is 0. The Morgan fingerprint density at radius 1 is 1.18 bits per heavy atom. The van der Waals surface area contributed by atoms with E-state index >= 15 is 0 Å². The summed E-state index contributed by atoms with van der Waals surface area (Å²) in [4.78, 5) is 3.70. The third kappa shape index (κ3) is 4.30. The molecule has 7 heteroatoms. The number of rotatable bonds is 3. The van der Waals surface area contributed by atoms with Crippen molar-refractivity contribution in [3.05, 3.63) is 47.5 Å². The molecule has 0 aliphatic rings. The van der Waals surface area contributed by atoms with Crippen LogP contribution >= 0.6 is 0 Å². The fourth-order valence-corrected chi connectivity index (χ4v) is 2.08. The van der Waals surface area contributed by atoms with Gasteiger partial charge in [-0.1, -0.05) is 31.5 Å². The highest BCUT2D eigenvalue weighted by atomic mass is 19.4. The summed E-state index contributed by atoms with van der Waals surface area (Å²) in [6.45, 7) is 6.79. The summed E-state index contributed by atoms with van der Waals surface area (Å²) in [5.41, 5.74) is -2.22. The highest BCUT2D eigenvalue weighted by molar-refractivity contribution is 5.37. The molecule has 22 heavy (non-hydrogen) atoms. The topological polar surface area (TPSA) is 50.9 Å². The second-order valence-electron chi connectivity index (χ2n) is 4.91. The molecule has 1 N–H and O–H groups in total. The maximum absolute atomic E-state index is 13.1. The van der Waals surface area contributed by atoms with Crippen LogP contribution in [-0.2, 0) is 18.3 Å². The number of benzene rings is 1. The van der Waals surface area contributed by atoms with E-state index in [1.807, 2.05) is 13.8 Å². The molecule has 0 saturated heterocycles. The van der Waals surface area contributed by atoms with E-state index in [-0.39, 0.29) is 12.1 Å². The van der Waals surface area contributed by atoms with Crippen molar-refractivity contribution < 1.29 is 18.3 Å². The van der Waals surface area contributed by atoms with E-state index in [0.29, 0.717) is 5.56 Å². The van der Waals surface area contributed by atoms with Gasteiger partial charge in [-0.05, 0) is 25.5 Å². The lowest BCUT2D eigenvalue weighted by molar-refractivity contribution is -0.140. The van der Waals surface area contributed by atoms with Crippen molar-refractivity contribution in [1.82, 2.24) is 14.8 Å². The molecule has 0 aliphatic carbocycles. The second-order valence-corrected chi connectivity index (χ2v) is 4.91. The standard InChI is InChI=1S/C13H14F3N3O.C2H6/c1-9-3-4-10(11(5-9)13(14,15)16)12(2,20)6-19-8-17-7-18-19;1-2/h3-5,7-8,20H,6H2,1-2H3;1-2H3. The molecule has 1 heterocycles. The summed E-state index contributed by atoms with van der Waals surface area (Å²) < 4.78 is 40.6. The van der Waals surface area contributed by atoms with Crippen molar-refractivity contribution in [1.29, 1.82) is 0 Å². The predicted molar refractivity (Wildman–Crippen MR) is 77.1 cm³/mol. The maximum Gasteiger partial charge on any atom is 0.416 e. The summed E-state index contributed by atoms with van der Waals surface area (Å²) in [6, 6.07) is 3.88. The Morgan fingerprint density at radius 2 is 1.82 bits per heavy atom. The van der Waals surface area contributed by atoms with Crippen molar-refractivity contribution in [2.24, 2.45) is 0 Å². The summed E-state index contributed by atoms with van der Waals surface area (Å²) in [5, 5.41) is 14.2. The monoisotopic (exact) mass is 315 g/mol. The maximum atomic E-state index is 13.1. The molecule has 2 aromatic rings. The van der Waals surface area contributed by atoms with E-state index in [0.717, 1.165) is 6.07 Å². The van der Waals surface area contributed by atoms with E-state index in [9.17, 15) is 18.3 Å². The number of hydrogen-bond donors (Lipinski definition) is 1. The molecule has 0 amide bonds. The SMILES string of the molecule is CC.Cc1ccc(C(C)(O)Cn2cncn2)c(C(F)(F)F)c1. The number of nitrogens with zero attached hydrogens (tertiary/aromatic N) is 3. The zero-order valence-corrected chi connectivity index (χ0v) is 13.0. The summed E-state index contributed by atoms with van der Waals surface area (Å²) in [5.74, 6) is 0. The van der Waals surface area contributed by atoms with E-state index in [2.05, 4.69) is 10.1 Å². The summed E-state index contributed by atoms with van der Waals surface area (Å²) in [6.07, 6.45) is -1.92. The number of aromatic nitrogens is 3. The zero-order chi connectivity index (χ0) is 17.0. The summed E-state index contributed by atoms with van der Waals surface area (Å²) in [7, 11) is 0. The van der Waals surface area contributed by atoms with E-state index < -0.39 is 17.3 Å². The van der Waals surface area contributed by atoms with Crippen molar-refractivity contribution >= 4 is 0 Å². The van der Waals surface area contributed by atoms with Crippen LogP contribution in [0.25, 0.3) is 0 Å². The zero-order valence-electron chi connectivity index (χ0n) is 13.0. The third-order valence-corrected chi connectivity index (χ3v) is 3.00. The Bertz CT molecular complexity index is 593. The second kappa shape index (κ2) is 6.91. The Labute approximate surface area is 127 Å². The fraction of sp³-hybridized carbons (Fsp3) is 0.467. The molecule has 1 aromatic heterocycles. The third-order valence-electron chi connectivity index (χ3n) is 3.00. The fourth-order valence-electron chi connectivity index (χ4n) is 2.08. The van der Waals surface area contributed by atoms with E-state index in [1.54, 1.807) is 13.0 Å². The van der Waals surface area contributed by atoms with Gasteiger partial charge in [-0.3, -0.25) is 0 Å². The van der Waals surface area contributed by atoms with Crippen LogP contribution in [0.2, 0.25) is 0 Å². The lowest BCUT2D eigenvalue weighted by Gasteiger charge is -2.27. The smallest absolute Gasteiger partial charge is 0.383 e. The molecular weight excluding hydrogens is 295 g/mol. The van der Waals surface area contributed by atoms with Gasteiger partial charge < -0.3 is 5.11 Å². The van der Waals surface area contributed by atoms with Crippen LogP contribution in [0.4, 0.5) is 13.2 Å². The average molecular weight is 315 g/mol. The first-order valence-corrected chi connectivity index (χ1v) is 6.93. The van der Waals surface area contributed by atoms with Crippen molar-refractivity contribution in [3.63, 3.8) is 0 Å². The van der Waals surface area contributed by atoms with Gasteiger partial charge in [0.2, 0.25) is 0 Å². The molecule has 0 bridgehead atoms. The lowest BCUT2D eigenvalue weighted by atomic mass is 9.90. The molecule has 0 spiro atoms. The molecule has 1 aromatic carbocycles. The van der Waals surface area contributed by atoms with E-state index in [4.69, 9.17) is 0 Å². The van der Waals surface area contributed by atoms with Crippen molar-refractivity contribution in [3.8, 4) is 0 Å². The first-order valence-electron chi connectivity index (χ1n) is 6.93. The Hall–Kier alpha value is -1.89. The van der Waals surface area contributed by atoms with E-state index in [1.165, 1.54) is 30.3 Å². The largest absolute Gasteiger partial charge is 0.416 e. The van der Waals surface area contributed by atoms with Gasteiger partial charge in [-0.25, -0.2) is 9.67 Å². The molecule has 1 unspecified atom stereocenters. The Kier molecular flexibility index (Phi) is 5.71. The number of halogens is 3. The molecule has 1 atom stereocenters. The predicted octanol–water partition coefficient (Wildman–Crippen LogP) is 3.54. The van der Waals surface area contributed by atoms with Crippen LogP contribution in [-0.4, -0.2) is 19.9 Å². The van der Waals surface area contributed by atoms with Crippen molar-refractivity contribution in [2.75, 3.05) is 0 Å². The molecule has 0 saturated carbocycles. The van der Waals surface area contributed by atoms with Crippen LogP contribution in [0.5, 0.6) is 0 Å².